The minimum absolute atomic E-state index is 0.0349. The standard InChI is InChI=1S/C21H23NO2S/c1-2-24-17-12-10-16(11-13-17)22-21-18-8-4-3-6-15(18)7-5-9-19(21)20(23)14-25-21/h3-4,6,8,10-13,19,22H,2,5,7,9,14H2,1H3/t19-,21+/m0/s1. The first kappa shape index (κ1) is 16.5. The van der Waals surface area contributed by atoms with E-state index in [1.807, 2.05) is 31.2 Å². The van der Waals surface area contributed by atoms with Gasteiger partial charge in [0.15, 0.2) is 0 Å². The zero-order valence-electron chi connectivity index (χ0n) is 14.5. The Bertz CT molecular complexity index is 774. The summed E-state index contributed by atoms with van der Waals surface area (Å²) in [6.45, 7) is 2.65. The first-order valence-electron chi connectivity index (χ1n) is 8.99. The Labute approximate surface area is 153 Å². The van der Waals surface area contributed by atoms with Crippen LogP contribution >= 0.6 is 11.8 Å². The largest absolute Gasteiger partial charge is 0.494 e. The van der Waals surface area contributed by atoms with E-state index in [9.17, 15) is 4.79 Å². The molecule has 2 aromatic carbocycles. The molecular formula is C21H23NO2S. The van der Waals surface area contributed by atoms with Crippen molar-refractivity contribution in [2.24, 2.45) is 5.92 Å². The third-order valence-electron chi connectivity index (χ3n) is 5.17. The van der Waals surface area contributed by atoms with Crippen LogP contribution in [-0.4, -0.2) is 18.1 Å². The zero-order chi connectivity index (χ0) is 17.3. The molecule has 0 spiro atoms. The second-order valence-electron chi connectivity index (χ2n) is 6.67. The van der Waals surface area contributed by atoms with Crippen molar-refractivity contribution in [3.05, 3.63) is 59.7 Å². The number of nitrogens with one attached hydrogen (secondary N) is 1. The van der Waals surface area contributed by atoms with Crippen LogP contribution < -0.4 is 10.1 Å². The normalized spacial score (nSPS) is 25.0. The predicted octanol–water partition coefficient (Wildman–Crippen LogP) is 4.62. The summed E-state index contributed by atoms with van der Waals surface area (Å²) in [5.74, 6) is 1.87. The molecule has 1 heterocycles. The number of hydrogen-bond acceptors (Lipinski definition) is 4. The molecule has 1 fully saturated rings. The van der Waals surface area contributed by atoms with Gasteiger partial charge in [-0.3, -0.25) is 4.79 Å². The summed E-state index contributed by atoms with van der Waals surface area (Å²) >= 11 is 1.76. The van der Waals surface area contributed by atoms with Gasteiger partial charge in [0.25, 0.3) is 0 Å². The second kappa shape index (κ2) is 6.75. The highest BCUT2D eigenvalue weighted by atomic mass is 32.2. The van der Waals surface area contributed by atoms with Crippen LogP contribution in [-0.2, 0) is 16.1 Å². The van der Waals surface area contributed by atoms with Gasteiger partial charge in [0.05, 0.1) is 18.3 Å². The molecule has 2 aliphatic rings. The summed E-state index contributed by atoms with van der Waals surface area (Å²) in [5.41, 5.74) is 3.68. The molecule has 0 aromatic heterocycles. The molecule has 25 heavy (non-hydrogen) atoms. The van der Waals surface area contributed by atoms with Gasteiger partial charge in [-0.05, 0) is 61.6 Å². The number of aryl methyl sites for hydroxylation is 1. The average molecular weight is 353 g/mol. The van der Waals surface area contributed by atoms with E-state index in [1.54, 1.807) is 11.8 Å². The molecule has 1 aliphatic heterocycles. The third-order valence-corrected chi connectivity index (χ3v) is 6.66. The van der Waals surface area contributed by atoms with Gasteiger partial charge in [0.1, 0.15) is 16.4 Å². The number of ether oxygens (including phenoxy) is 1. The summed E-state index contributed by atoms with van der Waals surface area (Å²) in [7, 11) is 0. The van der Waals surface area contributed by atoms with E-state index in [1.165, 1.54) is 11.1 Å². The number of carbonyl (C=O) groups is 1. The quantitative estimate of drug-likeness (QED) is 0.870. The van der Waals surface area contributed by atoms with Crippen LogP contribution in [0.3, 0.4) is 0 Å². The predicted molar refractivity (Wildman–Crippen MR) is 103 cm³/mol. The van der Waals surface area contributed by atoms with E-state index in [0.717, 1.165) is 30.7 Å². The first-order chi connectivity index (χ1) is 12.2. The highest BCUT2D eigenvalue weighted by molar-refractivity contribution is 8.01. The molecule has 1 N–H and O–H groups in total. The topological polar surface area (TPSA) is 38.3 Å². The van der Waals surface area contributed by atoms with Crippen molar-refractivity contribution in [1.82, 2.24) is 0 Å². The molecule has 0 saturated carbocycles. The van der Waals surface area contributed by atoms with E-state index in [2.05, 4.69) is 29.6 Å². The molecule has 130 valence electrons. The van der Waals surface area contributed by atoms with E-state index in [4.69, 9.17) is 4.74 Å². The Morgan fingerprint density at radius 3 is 2.80 bits per heavy atom. The SMILES string of the molecule is CCOc1ccc(N[C@]23SCC(=O)[C@@H]2CCCc2ccccc23)cc1. The molecule has 0 amide bonds. The number of Topliss-reactive ketones (excluding diaryl/α,β-unsaturated/α-hetero) is 1. The second-order valence-corrected chi connectivity index (χ2v) is 7.90. The summed E-state index contributed by atoms with van der Waals surface area (Å²) < 4.78 is 5.54. The van der Waals surface area contributed by atoms with Gasteiger partial charge in [0, 0.05) is 5.69 Å². The highest BCUT2D eigenvalue weighted by Crippen LogP contribution is 2.53. The number of benzene rings is 2. The fourth-order valence-electron chi connectivity index (χ4n) is 4.05. The van der Waals surface area contributed by atoms with Gasteiger partial charge in [-0.2, -0.15) is 0 Å². The summed E-state index contributed by atoms with van der Waals surface area (Å²) in [5, 5.41) is 3.74. The third kappa shape index (κ3) is 2.93. The number of anilines is 1. The highest BCUT2D eigenvalue weighted by Gasteiger charge is 2.51. The molecule has 0 unspecified atom stereocenters. The fourth-order valence-corrected chi connectivity index (χ4v) is 5.61. The molecule has 2 atom stereocenters. The maximum Gasteiger partial charge on any atom is 0.149 e. The number of rotatable bonds is 4. The lowest BCUT2D eigenvalue weighted by Crippen LogP contribution is -2.38. The van der Waals surface area contributed by atoms with Crippen LogP contribution in [0.25, 0.3) is 0 Å². The zero-order valence-corrected chi connectivity index (χ0v) is 15.3. The van der Waals surface area contributed by atoms with Gasteiger partial charge in [-0.1, -0.05) is 24.3 Å². The Hall–Kier alpha value is -1.94. The van der Waals surface area contributed by atoms with E-state index < -0.39 is 0 Å². The van der Waals surface area contributed by atoms with Crippen molar-refractivity contribution in [2.45, 2.75) is 31.1 Å². The van der Waals surface area contributed by atoms with Gasteiger partial charge in [-0.25, -0.2) is 0 Å². The van der Waals surface area contributed by atoms with E-state index >= 15 is 0 Å². The van der Waals surface area contributed by atoms with Crippen molar-refractivity contribution >= 4 is 23.2 Å². The van der Waals surface area contributed by atoms with Crippen molar-refractivity contribution in [3.63, 3.8) is 0 Å². The van der Waals surface area contributed by atoms with Crippen molar-refractivity contribution in [2.75, 3.05) is 17.7 Å². The lowest BCUT2D eigenvalue weighted by atomic mass is 9.87. The van der Waals surface area contributed by atoms with Gasteiger partial charge < -0.3 is 10.1 Å². The van der Waals surface area contributed by atoms with Crippen molar-refractivity contribution < 1.29 is 9.53 Å². The lowest BCUT2D eigenvalue weighted by molar-refractivity contribution is -0.120. The van der Waals surface area contributed by atoms with Gasteiger partial charge >= 0.3 is 0 Å². The number of hydrogen-bond donors (Lipinski definition) is 1. The Balaban J connectivity index is 1.74. The molecule has 0 bridgehead atoms. The monoisotopic (exact) mass is 353 g/mol. The molecule has 0 radical (unpaired) electrons. The lowest BCUT2D eigenvalue weighted by Gasteiger charge is -2.36. The minimum atomic E-state index is -0.350. The van der Waals surface area contributed by atoms with Crippen LogP contribution in [0.4, 0.5) is 5.69 Å². The fraction of sp³-hybridized carbons (Fsp3) is 0.381. The summed E-state index contributed by atoms with van der Waals surface area (Å²) in [6, 6.07) is 16.7. The molecule has 3 nitrogen and oxygen atoms in total. The number of carbonyl (C=O) groups excluding carboxylic acids is 1. The number of ketones is 1. The van der Waals surface area contributed by atoms with E-state index in [0.29, 0.717) is 18.1 Å². The van der Waals surface area contributed by atoms with Crippen LogP contribution in [0.15, 0.2) is 48.5 Å². The number of thioether (sulfide) groups is 1. The summed E-state index contributed by atoms with van der Waals surface area (Å²) in [4.78, 5) is 12.3. The first-order valence-corrected chi connectivity index (χ1v) is 9.97. The Kier molecular flexibility index (Phi) is 4.46. The molecule has 2 aromatic rings. The molecular weight excluding hydrogens is 330 g/mol. The smallest absolute Gasteiger partial charge is 0.149 e. The van der Waals surface area contributed by atoms with Crippen molar-refractivity contribution in [1.29, 1.82) is 0 Å². The summed E-state index contributed by atoms with van der Waals surface area (Å²) in [6.07, 6.45) is 3.07. The van der Waals surface area contributed by atoms with Crippen LogP contribution in [0.5, 0.6) is 5.75 Å². The molecule has 4 rings (SSSR count). The minimum Gasteiger partial charge on any atom is -0.494 e. The van der Waals surface area contributed by atoms with Crippen LogP contribution in [0.1, 0.15) is 30.9 Å². The van der Waals surface area contributed by atoms with Crippen LogP contribution in [0.2, 0.25) is 0 Å². The maximum atomic E-state index is 12.6. The Morgan fingerprint density at radius 2 is 2.00 bits per heavy atom. The average Bonchev–Trinajstić information content (AvgIpc) is 2.85. The van der Waals surface area contributed by atoms with Crippen molar-refractivity contribution in [3.8, 4) is 5.75 Å². The molecule has 1 saturated heterocycles. The Morgan fingerprint density at radius 1 is 1.20 bits per heavy atom. The van der Waals surface area contributed by atoms with Crippen LogP contribution in [0, 0.1) is 5.92 Å². The van der Waals surface area contributed by atoms with Gasteiger partial charge in [-0.15, -0.1) is 11.8 Å². The van der Waals surface area contributed by atoms with E-state index in [-0.39, 0.29) is 10.8 Å². The number of fused-ring (bicyclic) bond motifs is 3. The van der Waals surface area contributed by atoms with Gasteiger partial charge in [0.2, 0.25) is 0 Å². The molecule has 1 aliphatic carbocycles. The molecule has 4 heteroatoms. The maximum absolute atomic E-state index is 12.6.